The first-order valence-electron chi connectivity index (χ1n) is 16.6. The van der Waals surface area contributed by atoms with Crippen LogP contribution in [0.2, 0.25) is 0 Å². The predicted molar refractivity (Wildman–Crippen MR) is 175 cm³/mol. The summed E-state index contributed by atoms with van der Waals surface area (Å²) >= 11 is 0. The van der Waals surface area contributed by atoms with E-state index in [-0.39, 0.29) is 24.2 Å². The van der Waals surface area contributed by atoms with Gasteiger partial charge in [0.15, 0.2) is 5.60 Å². The molecule has 3 heterocycles. The Bertz CT molecular complexity index is 1370. The molecule has 2 fully saturated rings. The van der Waals surface area contributed by atoms with E-state index in [4.69, 9.17) is 19.9 Å². The number of amides is 1. The Labute approximate surface area is 272 Å². The zero-order valence-corrected chi connectivity index (χ0v) is 28.5. The third-order valence-corrected chi connectivity index (χ3v) is 9.76. The van der Waals surface area contributed by atoms with Gasteiger partial charge in [-0.1, -0.05) is 31.2 Å². The second kappa shape index (κ2) is 14.9. The smallest absolute Gasteiger partial charge is 0.410 e. The van der Waals surface area contributed by atoms with Crippen molar-refractivity contribution in [3.8, 4) is 11.3 Å². The number of rotatable bonds is 8. The van der Waals surface area contributed by atoms with E-state index in [1.165, 1.54) is 0 Å². The number of hydrogen-bond acceptors (Lipinski definition) is 10. The molecule has 7 atom stereocenters. The zero-order chi connectivity index (χ0) is 33.6. The van der Waals surface area contributed by atoms with Crippen molar-refractivity contribution in [2.75, 3.05) is 25.9 Å². The number of esters is 1. The van der Waals surface area contributed by atoms with Crippen molar-refractivity contribution < 1.29 is 28.6 Å². The molecule has 254 valence electrons. The molecule has 0 radical (unpaired) electrons. The average Bonchev–Trinajstić information content (AvgIpc) is 3.60. The van der Waals surface area contributed by atoms with Gasteiger partial charge in [0.05, 0.1) is 17.8 Å². The van der Waals surface area contributed by atoms with Crippen molar-refractivity contribution in [1.82, 2.24) is 25.2 Å². The van der Waals surface area contributed by atoms with Crippen LogP contribution in [0, 0.1) is 11.8 Å². The second-order valence-corrected chi connectivity index (χ2v) is 13.6. The first kappa shape index (κ1) is 35.3. The van der Waals surface area contributed by atoms with Crippen LogP contribution in [0.5, 0.6) is 0 Å². The molecule has 0 aliphatic carbocycles. The van der Waals surface area contributed by atoms with Crippen LogP contribution in [0.25, 0.3) is 11.3 Å². The normalized spacial score (nSPS) is 31.5. The number of ketones is 1. The highest BCUT2D eigenvalue weighted by atomic mass is 16.6. The molecular weight excluding hydrogens is 588 g/mol. The molecule has 2 aliphatic heterocycles. The lowest BCUT2D eigenvalue weighted by molar-refractivity contribution is -0.169. The number of cyclic esters (lactones) is 1. The lowest BCUT2D eigenvalue weighted by Crippen LogP contribution is -2.60. The van der Waals surface area contributed by atoms with Crippen LogP contribution in [0.3, 0.4) is 0 Å². The van der Waals surface area contributed by atoms with Crippen molar-refractivity contribution in [1.29, 1.82) is 0 Å². The first-order chi connectivity index (χ1) is 21.8. The van der Waals surface area contributed by atoms with Crippen molar-refractivity contribution in [2.45, 2.75) is 116 Å². The van der Waals surface area contributed by atoms with Crippen molar-refractivity contribution in [3.05, 3.63) is 30.5 Å². The van der Waals surface area contributed by atoms with Gasteiger partial charge >= 0.3 is 12.1 Å². The minimum absolute atomic E-state index is 0.180. The Hall–Kier alpha value is -3.51. The summed E-state index contributed by atoms with van der Waals surface area (Å²) in [6.45, 7) is 13.3. The number of nitrogens with two attached hydrogens (primary N) is 1. The third kappa shape index (κ3) is 8.06. The number of unbranched alkanes of at least 4 members (excludes halogenated alkanes) is 1. The Morgan fingerprint density at radius 1 is 1.13 bits per heavy atom. The van der Waals surface area contributed by atoms with Crippen LogP contribution in [0.15, 0.2) is 30.5 Å². The standard InChI is InChI=1S/C34H52N6O6/c1-8-29-34(6)30(24(4)36-20-22(2)19-33(5,44-7)15-14-28(41)23(3)31(42)45-29)40(32(43)46-34)17-10-9-16-39-21-27(37-38-39)25-12-11-13-26(35)18-25/h11-13,18,21-24,29-30,36H,8-10,14-17,19-20,35H2,1-7H3/t22-,23-,24-,29-,30-,33+,34-/m1/s1. The van der Waals surface area contributed by atoms with Crippen molar-refractivity contribution in [3.63, 3.8) is 0 Å². The summed E-state index contributed by atoms with van der Waals surface area (Å²) in [5, 5.41) is 12.2. The fourth-order valence-electron chi connectivity index (χ4n) is 6.96. The molecule has 1 aromatic heterocycles. The molecule has 2 aliphatic rings. The number of carbonyl (C=O) groups is 3. The molecule has 1 aromatic carbocycles. The number of nitrogens with zero attached hydrogens (tertiary/aromatic N) is 4. The van der Waals surface area contributed by atoms with E-state index < -0.39 is 41.3 Å². The quantitative estimate of drug-likeness (QED) is 0.181. The molecule has 46 heavy (non-hydrogen) atoms. The van der Waals surface area contributed by atoms with E-state index in [0.717, 1.165) is 24.1 Å². The summed E-state index contributed by atoms with van der Waals surface area (Å²) in [7, 11) is 1.66. The fraction of sp³-hybridized carbons (Fsp3) is 0.676. The Balaban J connectivity index is 1.51. The number of benzene rings is 1. The van der Waals surface area contributed by atoms with Gasteiger partial charge in [0.2, 0.25) is 0 Å². The fourth-order valence-corrected chi connectivity index (χ4v) is 6.96. The monoisotopic (exact) mass is 640 g/mol. The maximum Gasteiger partial charge on any atom is 0.410 e. The van der Waals surface area contributed by atoms with E-state index in [1.54, 1.807) is 23.6 Å². The summed E-state index contributed by atoms with van der Waals surface area (Å²) in [6.07, 6.45) is 4.07. The minimum atomic E-state index is -1.13. The highest BCUT2D eigenvalue weighted by molar-refractivity contribution is 5.98. The molecule has 0 saturated carbocycles. The number of nitrogens with one attached hydrogen (secondary N) is 1. The SMILES string of the molecule is CC[C@H]1OC(=O)[C@H](C)C(=O)CC[C@](C)(OC)C[C@@H](C)CN[C@H](C)[C@H]2N(CCCCn3cc(-c4cccc(N)c4)nn3)C(=O)O[C@]12C. The number of anilines is 1. The maximum absolute atomic E-state index is 13.5. The number of carbonyl (C=O) groups excluding carboxylic acids is 3. The van der Waals surface area contributed by atoms with Crippen molar-refractivity contribution in [2.24, 2.45) is 11.8 Å². The topological polar surface area (TPSA) is 151 Å². The van der Waals surface area contributed by atoms with Gasteiger partial charge in [0.1, 0.15) is 23.5 Å². The maximum atomic E-state index is 13.5. The molecule has 2 saturated heterocycles. The number of nitrogen functional groups attached to an aromatic ring is 1. The molecular formula is C34H52N6O6. The van der Waals surface area contributed by atoms with Gasteiger partial charge in [-0.2, -0.15) is 0 Å². The summed E-state index contributed by atoms with van der Waals surface area (Å²) in [4.78, 5) is 41.6. The lowest BCUT2D eigenvalue weighted by Gasteiger charge is -2.41. The molecule has 12 heteroatoms. The van der Waals surface area contributed by atoms with Gasteiger partial charge < -0.3 is 25.3 Å². The number of aromatic nitrogens is 3. The van der Waals surface area contributed by atoms with Gasteiger partial charge in [-0.25, -0.2) is 4.79 Å². The third-order valence-electron chi connectivity index (χ3n) is 9.76. The van der Waals surface area contributed by atoms with E-state index in [0.29, 0.717) is 44.6 Å². The average molecular weight is 641 g/mol. The van der Waals surface area contributed by atoms with Crippen LogP contribution in [0.4, 0.5) is 10.5 Å². The molecule has 12 nitrogen and oxygen atoms in total. The van der Waals surface area contributed by atoms with Gasteiger partial charge in [0.25, 0.3) is 0 Å². The van der Waals surface area contributed by atoms with Crippen LogP contribution in [0.1, 0.15) is 80.1 Å². The molecule has 3 N–H and O–H groups in total. The predicted octanol–water partition coefficient (Wildman–Crippen LogP) is 4.62. The number of aryl methyl sites for hydroxylation is 1. The van der Waals surface area contributed by atoms with Gasteiger partial charge in [-0.15, -0.1) is 5.10 Å². The lowest BCUT2D eigenvalue weighted by atomic mass is 9.83. The van der Waals surface area contributed by atoms with Crippen molar-refractivity contribution >= 4 is 23.5 Å². The highest BCUT2D eigenvalue weighted by Crippen LogP contribution is 2.38. The van der Waals surface area contributed by atoms with E-state index in [1.807, 2.05) is 58.2 Å². The summed E-state index contributed by atoms with van der Waals surface area (Å²) in [5.41, 5.74) is 6.60. The van der Waals surface area contributed by atoms with Gasteiger partial charge in [-0.05, 0) is 84.4 Å². The Kier molecular flexibility index (Phi) is 11.5. The number of fused-ring (bicyclic) bond motifs is 1. The number of Topliss-reactive ketones (excluding diaryl/α,β-unsaturated/α-hetero) is 1. The minimum Gasteiger partial charge on any atom is -0.458 e. The summed E-state index contributed by atoms with van der Waals surface area (Å²) < 4.78 is 19.8. The Morgan fingerprint density at radius 3 is 2.57 bits per heavy atom. The number of methoxy groups -OCH3 is 1. The van der Waals surface area contributed by atoms with E-state index in [2.05, 4.69) is 22.6 Å². The molecule has 0 unspecified atom stereocenters. The van der Waals surface area contributed by atoms with E-state index in [9.17, 15) is 14.4 Å². The second-order valence-electron chi connectivity index (χ2n) is 13.6. The zero-order valence-electron chi connectivity index (χ0n) is 28.5. The molecule has 1 amide bonds. The van der Waals surface area contributed by atoms with Gasteiger partial charge in [-0.3, -0.25) is 19.2 Å². The number of ether oxygens (including phenoxy) is 3. The first-order valence-corrected chi connectivity index (χ1v) is 16.6. The highest BCUT2D eigenvalue weighted by Gasteiger charge is 2.58. The van der Waals surface area contributed by atoms with E-state index >= 15 is 0 Å². The van der Waals surface area contributed by atoms with Crippen LogP contribution in [-0.2, 0) is 30.3 Å². The summed E-state index contributed by atoms with van der Waals surface area (Å²) in [5.74, 6) is -1.49. The largest absolute Gasteiger partial charge is 0.458 e. The molecule has 2 aromatic rings. The summed E-state index contributed by atoms with van der Waals surface area (Å²) in [6, 6.07) is 6.92. The van der Waals surface area contributed by atoms with Crippen LogP contribution in [-0.4, -0.2) is 87.3 Å². The number of hydrogen-bond donors (Lipinski definition) is 2. The molecule has 0 spiro atoms. The Morgan fingerprint density at radius 2 is 1.87 bits per heavy atom. The molecule has 0 bridgehead atoms. The molecule has 4 rings (SSSR count). The van der Waals surface area contributed by atoms with Crippen LogP contribution < -0.4 is 11.1 Å². The van der Waals surface area contributed by atoms with Crippen LogP contribution >= 0.6 is 0 Å². The van der Waals surface area contributed by atoms with Gasteiger partial charge in [0, 0.05) is 43.9 Å².